The number of anilines is 1. The van der Waals surface area contributed by atoms with Crippen molar-refractivity contribution in [2.45, 2.75) is 12.1 Å². The number of benzene rings is 2. The number of nitrogens with zero attached hydrogens (tertiary/aromatic N) is 3. The second-order valence-corrected chi connectivity index (χ2v) is 9.92. The van der Waals surface area contributed by atoms with Crippen LogP contribution in [0, 0.1) is 16.7 Å². The predicted octanol–water partition coefficient (Wildman–Crippen LogP) is 5.35. The van der Waals surface area contributed by atoms with Crippen molar-refractivity contribution < 1.29 is 9.18 Å². The topological polar surface area (TPSA) is 68.9 Å². The summed E-state index contributed by atoms with van der Waals surface area (Å²) in [6, 6.07) is 11.6. The number of thioether (sulfide) groups is 1. The number of fused-ring (bicyclic) bond motifs is 1. The van der Waals surface area contributed by atoms with Crippen molar-refractivity contribution in [1.82, 2.24) is 14.1 Å². The van der Waals surface area contributed by atoms with Crippen molar-refractivity contribution >= 4 is 68.9 Å². The standard InChI is InChI=1S/C21H16ClFN4O2S3/c1-11-3-6-13(9-15(11)23)24-16(28)10-31-20-25-18-17(19(29)26(20)2)32-21(30)27(18)14-7-4-12(22)5-8-14/h3-9H,10H2,1-2H3,(H,24,28). The molecule has 0 spiro atoms. The van der Waals surface area contributed by atoms with Gasteiger partial charge in [0.05, 0.1) is 5.75 Å². The number of carbonyl (C=O) groups is 1. The monoisotopic (exact) mass is 506 g/mol. The van der Waals surface area contributed by atoms with E-state index in [1.54, 1.807) is 54.9 Å². The summed E-state index contributed by atoms with van der Waals surface area (Å²) in [6.45, 7) is 1.65. The molecule has 0 radical (unpaired) electrons. The molecular formula is C21H16ClFN4O2S3. The highest BCUT2D eigenvalue weighted by atomic mass is 35.5. The first-order valence-electron chi connectivity index (χ1n) is 9.32. The summed E-state index contributed by atoms with van der Waals surface area (Å²) in [4.78, 5) is 29.9. The van der Waals surface area contributed by atoms with E-state index in [0.29, 0.717) is 35.7 Å². The summed E-state index contributed by atoms with van der Waals surface area (Å²) in [5.74, 6) is -0.742. The number of hydrogen-bond acceptors (Lipinski definition) is 6. The SMILES string of the molecule is Cc1ccc(NC(=O)CSc2nc3c(sc(=S)n3-c3ccc(Cl)cc3)c(=O)n2C)cc1F. The second kappa shape index (κ2) is 9.14. The zero-order chi connectivity index (χ0) is 23.0. The lowest BCUT2D eigenvalue weighted by atomic mass is 10.2. The summed E-state index contributed by atoms with van der Waals surface area (Å²) in [6.07, 6.45) is 0. The second-order valence-electron chi connectivity index (χ2n) is 6.89. The minimum atomic E-state index is -0.395. The normalized spacial score (nSPS) is 11.1. The van der Waals surface area contributed by atoms with Crippen LogP contribution in [0.3, 0.4) is 0 Å². The van der Waals surface area contributed by atoms with Crippen LogP contribution in [-0.4, -0.2) is 25.8 Å². The number of amides is 1. The fourth-order valence-electron chi connectivity index (χ4n) is 2.96. The first kappa shape index (κ1) is 22.7. The van der Waals surface area contributed by atoms with Gasteiger partial charge in [-0.15, -0.1) is 0 Å². The van der Waals surface area contributed by atoms with Gasteiger partial charge in [0.1, 0.15) is 10.5 Å². The van der Waals surface area contributed by atoms with E-state index >= 15 is 0 Å². The van der Waals surface area contributed by atoms with Crippen LogP contribution in [0.4, 0.5) is 10.1 Å². The summed E-state index contributed by atoms with van der Waals surface area (Å²) < 4.78 is 17.7. The Morgan fingerprint density at radius 2 is 2.00 bits per heavy atom. The molecule has 4 aromatic rings. The van der Waals surface area contributed by atoms with E-state index in [4.69, 9.17) is 23.8 Å². The molecule has 0 saturated heterocycles. The van der Waals surface area contributed by atoms with Gasteiger partial charge in [-0.1, -0.05) is 40.8 Å². The lowest BCUT2D eigenvalue weighted by molar-refractivity contribution is -0.113. The third kappa shape index (κ3) is 4.49. The Morgan fingerprint density at radius 3 is 2.69 bits per heavy atom. The van der Waals surface area contributed by atoms with Gasteiger partial charge in [0, 0.05) is 23.4 Å². The van der Waals surface area contributed by atoms with Gasteiger partial charge >= 0.3 is 0 Å². The minimum Gasteiger partial charge on any atom is -0.325 e. The van der Waals surface area contributed by atoms with Crippen LogP contribution in [0.15, 0.2) is 52.4 Å². The van der Waals surface area contributed by atoms with Crippen molar-refractivity contribution in [3.63, 3.8) is 0 Å². The molecule has 0 unspecified atom stereocenters. The van der Waals surface area contributed by atoms with Gasteiger partial charge < -0.3 is 5.32 Å². The zero-order valence-electron chi connectivity index (χ0n) is 16.9. The van der Waals surface area contributed by atoms with E-state index in [9.17, 15) is 14.0 Å². The molecule has 11 heteroatoms. The van der Waals surface area contributed by atoms with Gasteiger partial charge in [-0.2, -0.15) is 0 Å². The van der Waals surface area contributed by atoms with Crippen molar-refractivity contribution in [2.24, 2.45) is 7.05 Å². The number of rotatable bonds is 5. The maximum atomic E-state index is 13.7. The molecule has 4 rings (SSSR count). The molecule has 0 bridgehead atoms. The van der Waals surface area contributed by atoms with Crippen molar-refractivity contribution in [2.75, 3.05) is 11.1 Å². The largest absolute Gasteiger partial charge is 0.325 e. The zero-order valence-corrected chi connectivity index (χ0v) is 20.1. The molecule has 2 heterocycles. The van der Waals surface area contributed by atoms with Crippen molar-refractivity contribution in [3.8, 4) is 5.69 Å². The summed E-state index contributed by atoms with van der Waals surface area (Å²) in [5.41, 5.74) is 1.78. The minimum absolute atomic E-state index is 0.00685. The first-order valence-corrected chi connectivity index (χ1v) is 11.9. The first-order chi connectivity index (χ1) is 15.2. The lowest BCUT2D eigenvalue weighted by Crippen LogP contribution is -2.21. The van der Waals surface area contributed by atoms with Gasteiger partial charge in [0.2, 0.25) is 5.91 Å². The Hall–Kier alpha value is -2.53. The van der Waals surface area contributed by atoms with Crippen LogP contribution < -0.4 is 10.9 Å². The van der Waals surface area contributed by atoms with Crippen LogP contribution in [-0.2, 0) is 11.8 Å². The fourth-order valence-corrected chi connectivity index (χ4v) is 5.19. The molecular weight excluding hydrogens is 491 g/mol. The van der Waals surface area contributed by atoms with E-state index in [2.05, 4.69) is 10.3 Å². The quantitative estimate of drug-likeness (QED) is 0.224. The highest BCUT2D eigenvalue weighted by Crippen LogP contribution is 2.26. The van der Waals surface area contributed by atoms with E-state index in [-0.39, 0.29) is 17.2 Å². The van der Waals surface area contributed by atoms with Gasteiger partial charge in [-0.25, -0.2) is 9.37 Å². The summed E-state index contributed by atoms with van der Waals surface area (Å²) >= 11 is 13.7. The Bertz CT molecular complexity index is 1460. The molecule has 0 aliphatic rings. The van der Waals surface area contributed by atoms with Crippen LogP contribution in [0.25, 0.3) is 16.0 Å². The Balaban J connectivity index is 1.63. The number of hydrogen-bond donors (Lipinski definition) is 1. The highest BCUT2D eigenvalue weighted by Gasteiger charge is 2.17. The number of thiazole rings is 1. The maximum Gasteiger partial charge on any atom is 0.273 e. The number of nitrogens with one attached hydrogen (secondary N) is 1. The molecule has 6 nitrogen and oxygen atoms in total. The highest BCUT2D eigenvalue weighted by molar-refractivity contribution is 7.99. The average Bonchev–Trinajstić information content (AvgIpc) is 3.09. The lowest BCUT2D eigenvalue weighted by Gasteiger charge is -2.10. The van der Waals surface area contributed by atoms with Gasteiger partial charge in [-0.3, -0.25) is 18.7 Å². The van der Waals surface area contributed by atoms with Crippen molar-refractivity contribution in [3.05, 3.63) is 73.2 Å². The third-order valence-electron chi connectivity index (χ3n) is 4.65. The van der Waals surface area contributed by atoms with Crippen LogP contribution in [0.1, 0.15) is 5.56 Å². The molecule has 2 aromatic heterocycles. The number of aromatic nitrogens is 3. The average molecular weight is 507 g/mol. The Labute approximate surface area is 200 Å². The van der Waals surface area contributed by atoms with Crippen LogP contribution in [0.2, 0.25) is 5.02 Å². The van der Waals surface area contributed by atoms with Gasteiger partial charge in [0.25, 0.3) is 5.56 Å². The molecule has 164 valence electrons. The van der Waals surface area contributed by atoms with Gasteiger partial charge in [-0.05, 0) is 61.1 Å². The summed E-state index contributed by atoms with van der Waals surface area (Å²) in [5, 5.41) is 3.60. The molecule has 2 aromatic carbocycles. The predicted molar refractivity (Wildman–Crippen MR) is 131 cm³/mol. The smallest absolute Gasteiger partial charge is 0.273 e. The third-order valence-corrected chi connectivity index (χ3v) is 7.28. The molecule has 32 heavy (non-hydrogen) atoms. The van der Waals surface area contributed by atoms with Crippen molar-refractivity contribution in [1.29, 1.82) is 0 Å². The molecule has 0 aliphatic carbocycles. The maximum absolute atomic E-state index is 13.7. The molecule has 0 atom stereocenters. The number of halogens is 2. The van der Waals surface area contributed by atoms with Gasteiger partial charge in [0.15, 0.2) is 14.8 Å². The molecule has 0 saturated carbocycles. The molecule has 1 amide bonds. The fraction of sp³-hybridized carbons (Fsp3) is 0.143. The van der Waals surface area contributed by atoms with Crippen LogP contribution >= 0.6 is 46.9 Å². The molecule has 1 N–H and O–H groups in total. The molecule has 0 aliphatic heterocycles. The van der Waals surface area contributed by atoms with Crippen LogP contribution in [0.5, 0.6) is 0 Å². The Morgan fingerprint density at radius 1 is 1.28 bits per heavy atom. The van der Waals surface area contributed by atoms with E-state index in [1.165, 1.54) is 22.0 Å². The molecule has 0 fully saturated rings. The Kier molecular flexibility index (Phi) is 6.47. The number of carbonyl (C=O) groups excluding carboxylic acids is 1. The van der Waals surface area contributed by atoms with E-state index in [0.717, 1.165) is 17.4 Å². The van der Waals surface area contributed by atoms with E-state index < -0.39 is 5.82 Å². The number of aryl methyl sites for hydroxylation is 1. The summed E-state index contributed by atoms with van der Waals surface area (Å²) in [7, 11) is 1.60. The van der Waals surface area contributed by atoms with E-state index in [1.807, 2.05) is 0 Å².